The second kappa shape index (κ2) is 11.1. The third-order valence-electron chi connectivity index (χ3n) is 4.08. The smallest absolute Gasteiger partial charge is 0.261 e. The van der Waals surface area contributed by atoms with Crippen molar-refractivity contribution < 1.29 is 23.7 Å². The van der Waals surface area contributed by atoms with Crippen LogP contribution in [0.1, 0.15) is 32.8 Å². The summed E-state index contributed by atoms with van der Waals surface area (Å²) in [5.41, 5.74) is 0.930. The standard InChI is InChI=1S/C22H29NO5/c1-5-19(28-18-11-9-17(25-4)10-12-18)22(24)23-15-16-8-13-20(26-6-2)21(14-16)27-7-3/h8-14,19H,5-7,15H2,1-4H3,(H,23,24). The molecule has 152 valence electrons. The molecule has 1 N–H and O–H groups in total. The topological polar surface area (TPSA) is 66.0 Å². The number of methoxy groups -OCH3 is 1. The lowest BCUT2D eigenvalue weighted by atomic mass is 10.2. The first-order chi connectivity index (χ1) is 13.6. The van der Waals surface area contributed by atoms with Crippen molar-refractivity contribution >= 4 is 5.91 Å². The van der Waals surface area contributed by atoms with Gasteiger partial charge in [0.2, 0.25) is 0 Å². The number of hydrogen-bond donors (Lipinski definition) is 1. The van der Waals surface area contributed by atoms with E-state index in [9.17, 15) is 4.79 Å². The molecule has 2 aromatic rings. The predicted molar refractivity (Wildman–Crippen MR) is 108 cm³/mol. The molecule has 0 aliphatic rings. The molecule has 0 bridgehead atoms. The van der Waals surface area contributed by atoms with Crippen molar-refractivity contribution in [3.8, 4) is 23.0 Å². The van der Waals surface area contributed by atoms with Gasteiger partial charge >= 0.3 is 0 Å². The van der Waals surface area contributed by atoms with Crippen molar-refractivity contribution in [3.63, 3.8) is 0 Å². The molecule has 6 nitrogen and oxygen atoms in total. The Balaban J connectivity index is 1.97. The maximum absolute atomic E-state index is 12.5. The summed E-state index contributed by atoms with van der Waals surface area (Å²) in [5.74, 6) is 2.59. The van der Waals surface area contributed by atoms with Gasteiger partial charge in [0, 0.05) is 6.54 Å². The van der Waals surface area contributed by atoms with E-state index in [1.807, 2.05) is 39.0 Å². The Morgan fingerprint density at radius 1 is 0.929 bits per heavy atom. The highest BCUT2D eigenvalue weighted by Crippen LogP contribution is 2.28. The molecule has 0 heterocycles. The molecule has 1 amide bonds. The number of benzene rings is 2. The summed E-state index contributed by atoms with van der Waals surface area (Å²) in [4.78, 5) is 12.5. The minimum atomic E-state index is -0.567. The Bertz CT molecular complexity index is 745. The van der Waals surface area contributed by atoms with E-state index in [1.54, 1.807) is 31.4 Å². The molecule has 0 saturated carbocycles. The van der Waals surface area contributed by atoms with E-state index in [2.05, 4.69) is 5.32 Å². The maximum Gasteiger partial charge on any atom is 0.261 e. The third kappa shape index (κ3) is 6.08. The first-order valence-electron chi connectivity index (χ1n) is 9.58. The molecule has 0 aliphatic carbocycles. The van der Waals surface area contributed by atoms with Gasteiger partial charge in [-0.3, -0.25) is 4.79 Å². The van der Waals surface area contributed by atoms with Crippen molar-refractivity contribution in [1.82, 2.24) is 5.32 Å². The fraction of sp³-hybridized carbons (Fsp3) is 0.409. The monoisotopic (exact) mass is 387 g/mol. The van der Waals surface area contributed by atoms with Crippen LogP contribution in [0.3, 0.4) is 0 Å². The van der Waals surface area contributed by atoms with Gasteiger partial charge < -0.3 is 24.3 Å². The van der Waals surface area contributed by atoms with Crippen LogP contribution in [-0.4, -0.2) is 32.3 Å². The number of nitrogens with one attached hydrogen (secondary N) is 1. The average molecular weight is 387 g/mol. The number of hydrogen-bond acceptors (Lipinski definition) is 5. The van der Waals surface area contributed by atoms with Crippen molar-refractivity contribution in [3.05, 3.63) is 48.0 Å². The Morgan fingerprint density at radius 2 is 1.57 bits per heavy atom. The van der Waals surface area contributed by atoms with Crippen LogP contribution in [0.2, 0.25) is 0 Å². The van der Waals surface area contributed by atoms with Gasteiger partial charge in [-0.25, -0.2) is 0 Å². The first-order valence-corrected chi connectivity index (χ1v) is 9.58. The van der Waals surface area contributed by atoms with Gasteiger partial charge in [-0.2, -0.15) is 0 Å². The van der Waals surface area contributed by atoms with Crippen molar-refractivity contribution in [2.24, 2.45) is 0 Å². The van der Waals surface area contributed by atoms with Gasteiger partial charge in [0.25, 0.3) is 5.91 Å². The summed E-state index contributed by atoms with van der Waals surface area (Å²) in [6.07, 6.45) is -0.00632. The van der Waals surface area contributed by atoms with E-state index >= 15 is 0 Å². The summed E-state index contributed by atoms with van der Waals surface area (Å²) < 4.78 is 22.1. The quantitative estimate of drug-likeness (QED) is 0.632. The highest BCUT2D eigenvalue weighted by Gasteiger charge is 2.18. The largest absolute Gasteiger partial charge is 0.497 e. The SMILES string of the molecule is CCOc1ccc(CNC(=O)C(CC)Oc2ccc(OC)cc2)cc1OCC. The Morgan fingerprint density at radius 3 is 2.18 bits per heavy atom. The van der Waals surface area contributed by atoms with E-state index in [1.165, 1.54) is 0 Å². The highest BCUT2D eigenvalue weighted by atomic mass is 16.5. The summed E-state index contributed by atoms with van der Waals surface area (Å²) >= 11 is 0. The summed E-state index contributed by atoms with van der Waals surface area (Å²) in [5, 5.41) is 2.93. The fourth-order valence-corrected chi connectivity index (χ4v) is 2.65. The molecule has 0 saturated heterocycles. The van der Waals surface area contributed by atoms with E-state index < -0.39 is 6.10 Å². The zero-order valence-corrected chi connectivity index (χ0v) is 17.0. The molecular weight excluding hydrogens is 358 g/mol. The lowest BCUT2D eigenvalue weighted by molar-refractivity contribution is -0.128. The molecule has 0 radical (unpaired) electrons. The van der Waals surface area contributed by atoms with Crippen LogP contribution in [0.4, 0.5) is 0 Å². The molecule has 0 aromatic heterocycles. The molecule has 1 unspecified atom stereocenters. The van der Waals surface area contributed by atoms with Crippen LogP contribution in [-0.2, 0) is 11.3 Å². The van der Waals surface area contributed by atoms with Gasteiger partial charge in [-0.05, 0) is 62.2 Å². The van der Waals surface area contributed by atoms with Crippen LogP contribution >= 0.6 is 0 Å². The number of carbonyl (C=O) groups is 1. The second-order valence-corrected chi connectivity index (χ2v) is 6.06. The van der Waals surface area contributed by atoms with E-state index in [0.717, 1.165) is 11.3 Å². The second-order valence-electron chi connectivity index (χ2n) is 6.06. The molecule has 0 aliphatic heterocycles. The molecule has 1 atom stereocenters. The molecule has 0 fully saturated rings. The minimum Gasteiger partial charge on any atom is -0.497 e. The number of ether oxygens (including phenoxy) is 4. The van der Waals surface area contributed by atoms with E-state index in [-0.39, 0.29) is 5.91 Å². The average Bonchev–Trinajstić information content (AvgIpc) is 2.72. The van der Waals surface area contributed by atoms with E-state index in [4.69, 9.17) is 18.9 Å². The zero-order chi connectivity index (χ0) is 20.4. The van der Waals surface area contributed by atoms with Gasteiger partial charge in [-0.1, -0.05) is 13.0 Å². The molecule has 0 spiro atoms. The van der Waals surface area contributed by atoms with Crippen LogP contribution in [0, 0.1) is 0 Å². The third-order valence-corrected chi connectivity index (χ3v) is 4.08. The van der Waals surface area contributed by atoms with Gasteiger partial charge in [-0.15, -0.1) is 0 Å². The normalized spacial score (nSPS) is 11.4. The lowest BCUT2D eigenvalue weighted by Gasteiger charge is -2.18. The van der Waals surface area contributed by atoms with Crippen molar-refractivity contribution in [1.29, 1.82) is 0 Å². The fourth-order valence-electron chi connectivity index (χ4n) is 2.65. The lowest BCUT2D eigenvalue weighted by Crippen LogP contribution is -2.37. The van der Waals surface area contributed by atoms with Crippen LogP contribution < -0.4 is 24.3 Å². The Labute approximate surface area is 166 Å². The molecule has 2 aromatic carbocycles. The number of rotatable bonds is 11. The molecule has 2 rings (SSSR count). The predicted octanol–water partition coefficient (Wildman–Crippen LogP) is 3.97. The Kier molecular flexibility index (Phi) is 8.46. The summed E-state index contributed by atoms with van der Waals surface area (Å²) in [6.45, 7) is 7.26. The van der Waals surface area contributed by atoms with Crippen molar-refractivity contribution in [2.45, 2.75) is 39.8 Å². The molecule has 28 heavy (non-hydrogen) atoms. The number of carbonyl (C=O) groups excluding carboxylic acids is 1. The molecule has 6 heteroatoms. The summed E-state index contributed by atoms with van der Waals surface area (Å²) in [7, 11) is 1.61. The Hall–Kier alpha value is -2.89. The zero-order valence-electron chi connectivity index (χ0n) is 17.0. The summed E-state index contributed by atoms with van der Waals surface area (Å²) in [6, 6.07) is 12.8. The van der Waals surface area contributed by atoms with Crippen LogP contribution in [0.25, 0.3) is 0 Å². The van der Waals surface area contributed by atoms with E-state index in [0.29, 0.717) is 43.4 Å². The first kappa shape index (κ1) is 21.4. The van der Waals surface area contributed by atoms with Crippen LogP contribution in [0.5, 0.6) is 23.0 Å². The molecular formula is C22H29NO5. The number of amides is 1. The van der Waals surface area contributed by atoms with Gasteiger partial charge in [0.05, 0.1) is 20.3 Å². The van der Waals surface area contributed by atoms with Gasteiger partial charge in [0.1, 0.15) is 11.5 Å². The van der Waals surface area contributed by atoms with Crippen molar-refractivity contribution in [2.75, 3.05) is 20.3 Å². The van der Waals surface area contributed by atoms with Crippen LogP contribution in [0.15, 0.2) is 42.5 Å². The minimum absolute atomic E-state index is 0.162. The maximum atomic E-state index is 12.5. The highest BCUT2D eigenvalue weighted by molar-refractivity contribution is 5.81. The van der Waals surface area contributed by atoms with Gasteiger partial charge in [0.15, 0.2) is 17.6 Å².